The van der Waals surface area contributed by atoms with Crippen LogP contribution < -0.4 is 5.73 Å². The van der Waals surface area contributed by atoms with E-state index in [9.17, 15) is 8.78 Å². The Bertz CT molecular complexity index is 511. The van der Waals surface area contributed by atoms with Gasteiger partial charge in [0.25, 0.3) is 0 Å². The van der Waals surface area contributed by atoms with Crippen molar-refractivity contribution in [3.8, 4) is 0 Å². The van der Waals surface area contributed by atoms with Crippen molar-refractivity contribution < 1.29 is 8.78 Å². The lowest BCUT2D eigenvalue weighted by molar-refractivity contribution is 0.492. The summed E-state index contributed by atoms with van der Waals surface area (Å²) < 4.78 is 26.5. The smallest absolute Gasteiger partial charge is 0.162 e. The van der Waals surface area contributed by atoms with Gasteiger partial charge in [0, 0.05) is 6.04 Å². The van der Waals surface area contributed by atoms with E-state index in [1.807, 2.05) is 30.3 Å². The van der Waals surface area contributed by atoms with Crippen LogP contribution in [0.2, 0.25) is 0 Å². The second-order valence-corrected chi connectivity index (χ2v) is 4.37. The van der Waals surface area contributed by atoms with Crippen LogP contribution in [-0.2, 0) is 12.8 Å². The first-order chi connectivity index (χ1) is 8.66. The van der Waals surface area contributed by atoms with E-state index in [0.29, 0.717) is 18.4 Å². The second-order valence-electron chi connectivity index (χ2n) is 4.37. The third-order valence-corrected chi connectivity index (χ3v) is 2.85. The fourth-order valence-electron chi connectivity index (χ4n) is 1.98. The average Bonchev–Trinajstić information content (AvgIpc) is 2.36. The first-order valence-corrected chi connectivity index (χ1v) is 5.89. The summed E-state index contributed by atoms with van der Waals surface area (Å²) in [4.78, 5) is 0. The minimum Gasteiger partial charge on any atom is -0.327 e. The van der Waals surface area contributed by atoms with Crippen LogP contribution in [0, 0.1) is 11.6 Å². The van der Waals surface area contributed by atoms with E-state index >= 15 is 0 Å². The Labute approximate surface area is 105 Å². The maximum absolute atomic E-state index is 13.5. The van der Waals surface area contributed by atoms with Crippen molar-refractivity contribution in [2.45, 2.75) is 18.9 Å². The van der Waals surface area contributed by atoms with E-state index in [1.54, 1.807) is 6.07 Å². The normalized spacial score (nSPS) is 12.4. The molecule has 2 rings (SSSR count). The summed E-state index contributed by atoms with van der Waals surface area (Å²) in [6, 6.07) is 13.7. The SMILES string of the molecule is NC(Cc1ccccc1)Cc1cccc(F)c1F. The van der Waals surface area contributed by atoms with Gasteiger partial charge < -0.3 is 5.73 Å². The van der Waals surface area contributed by atoms with Crippen LogP contribution in [-0.4, -0.2) is 6.04 Å². The minimum absolute atomic E-state index is 0.219. The van der Waals surface area contributed by atoms with Crippen LogP contribution in [0.15, 0.2) is 48.5 Å². The van der Waals surface area contributed by atoms with Crippen LogP contribution in [0.4, 0.5) is 8.78 Å². The first-order valence-electron chi connectivity index (χ1n) is 5.89. The van der Waals surface area contributed by atoms with Crippen LogP contribution in [0.5, 0.6) is 0 Å². The molecule has 0 saturated carbocycles. The highest BCUT2D eigenvalue weighted by Gasteiger charge is 2.11. The van der Waals surface area contributed by atoms with Gasteiger partial charge in [-0.1, -0.05) is 42.5 Å². The third-order valence-electron chi connectivity index (χ3n) is 2.85. The van der Waals surface area contributed by atoms with Crippen molar-refractivity contribution in [1.29, 1.82) is 0 Å². The van der Waals surface area contributed by atoms with Crippen molar-refractivity contribution >= 4 is 0 Å². The maximum Gasteiger partial charge on any atom is 0.162 e. The summed E-state index contributed by atoms with van der Waals surface area (Å²) in [5, 5.41) is 0. The number of rotatable bonds is 4. The fraction of sp³-hybridized carbons (Fsp3) is 0.200. The van der Waals surface area contributed by atoms with E-state index in [4.69, 9.17) is 5.73 Å². The molecule has 0 amide bonds. The van der Waals surface area contributed by atoms with Gasteiger partial charge in [-0.2, -0.15) is 0 Å². The number of hydrogen-bond acceptors (Lipinski definition) is 1. The van der Waals surface area contributed by atoms with Gasteiger partial charge in [-0.05, 0) is 30.0 Å². The summed E-state index contributed by atoms with van der Waals surface area (Å²) in [5.74, 6) is -1.61. The Balaban J connectivity index is 2.03. The Morgan fingerprint density at radius 2 is 1.61 bits per heavy atom. The Morgan fingerprint density at radius 1 is 0.889 bits per heavy atom. The predicted molar refractivity (Wildman–Crippen MR) is 68.2 cm³/mol. The molecule has 0 aliphatic rings. The zero-order valence-corrected chi connectivity index (χ0v) is 9.94. The molecule has 0 fully saturated rings. The molecule has 0 aliphatic carbocycles. The molecule has 94 valence electrons. The summed E-state index contributed by atoms with van der Waals surface area (Å²) in [6.45, 7) is 0. The molecule has 0 radical (unpaired) electrons. The molecular weight excluding hydrogens is 232 g/mol. The van der Waals surface area contributed by atoms with Gasteiger partial charge in [0.15, 0.2) is 11.6 Å². The average molecular weight is 247 g/mol. The molecule has 0 heterocycles. The maximum atomic E-state index is 13.5. The van der Waals surface area contributed by atoms with Gasteiger partial charge in [-0.15, -0.1) is 0 Å². The monoisotopic (exact) mass is 247 g/mol. The number of halogens is 2. The second kappa shape index (κ2) is 5.74. The van der Waals surface area contributed by atoms with Gasteiger partial charge in [-0.25, -0.2) is 8.78 Å². The number of nitrogens with two attached hydrogens (primary N) is 1. The topological polar surface area (TPSA) is 26.0 Å². The van der Waals surface area contributed by atoms with E-state index in [0.717, 1.165) is 11.6 Å². The molecule has 2 aromatic rings. The van der Waals surface area contributed by atoms with Gasteiger partial charge in [-0.3, -0.25) is 0 Å². The Kier molecular flexibility index (Phi) is 4.05. The molecular formula is C15H15F2N. The fourth-order valence-corrected chi connectivity index (χ4v) is 1.98. The molecule has 1 nitrogen and oxygen atoms in total. The number of benzene rings is 2. The molecule has 2 aromatic carbocycles. The molecule has 3 heteroatoms. The zero-order valence-electron chi connectivity index (χ0n) is 9.94. The highest BCUT2D eigenvalue weighted by Crippen LogP contribution is 2.14. The van der Waals surface area contributed by atoms with Crippen molar-refractivity contribution in [3.63, 3.8) is 0 Å². The highest BCUT2D eigenvalue weighted by molar-refractivity contribution is 5.21. The lowest BCUT2D eigenvalue weighted by Crippen LogP contribution is -2.26. The lowest BCUT2D eigenvalue weighted by Gasteiger charge is -2.12. The van der Waals surface area contributed by atoms with E-state index in [2.05, 4.69) is 0 Å². The lowest BCUT2D eigenvalue weighted by atomic mass is 9.99. The molecule has 1 unspecified atom stereocenters. The minimum atomic E-state index is -0.820. The van der Waals surface area contributed by atoms with Crippen molar-refractivity contribution in [1.82, 2.24) is 0 Å². The van der Waals surface area contributed by atoms with Gasteiger partial charge >= 0.3 is 0 Å². The standard InChI is InChI=1S/C15H15F2N/c16-14-8-4-7-12(15(14)17)10-13(18)9-11-5-2-1-3-6-11/h1-8,13H,9-10,18H2. The van der Waals surface area contributed by atoms with Crippen molar-refractivity contribution in [2.24, 2.45) is 5.73 Å². The van der Waals surface area contributed by atoms with Crippen LogP contribution >= 0.6 is 0 Å². The first kappa shape index (κ1) is 12.7. The molecule has 18 heavy (non-hydrogen) atoms. The van der Waals surface area contributed by atoms with E-state index in [-0.39, 0.29) is 6.04 Å². The summed E-state index contributed by atoms with van der Waals surface area (Å²) in [7, 11) is 0. The van der Waals surface area contributed by atoms with Crippen molar-refractivity contribution in [3.05, 3.63) is 71.3 Å². The van der Waals surface area contributed by atoms with Crippen LogP contribution in [0.1, 0.15) is 11.1 Å². The zero-order chi connectivity index (χ0) is 13.0. The molecule has 0 spiro atoms. The highest BCUT2D eigenvalue weighted by atomic mass is 19.2. The Hall–Kier alpha value is -1.74. The summed E-state index contributed by atoms with van der Waals surface area (Å²) in [6.07, 6.45) is 0.981. The quantitative estimate of drug-likeness (QED) is 0.882. The van der Waals surface area contributed by atoms with Gasteiger partial charge in [0.05, 0.1) is 0 Å². The molecule has 0 saturated heterocycles. The predicted octanol–water partition coefficient (Wildman–Crippen LogP) is 3.08. The molecule has 0 aromatic heterocycles. The third kappa shape index (κ3) is 3.14. The van der Waals surface area contributed by atoms with Gasteiger partial charge in [0.2, 0.25) is 0 Å². The van der Waals surface area contributed by atoms with Crippen molar-refractivity contribution in [2.75, 3.05) is 0 Å². The molecule has 1 atom stereocenters. The Morgan fingerprint density at radius 3 is 2.33 bits per heavy atom. The van der Waals surface area contributed by atoms with E-state index in [1.165, 1.54) is 6.07 Å². The number of hydrogen-bond donors (Lipinski definition) is 1. The van der Waals surface area contributed by atoms with Crippen LogP contribution in [0.3, 0.4) is 0 Å². The van der Waals surface area contributed by atoms with E-state index < -0.39 is 11.6 Å². The summed E-state index contributed by atoms with van der Waals surface area (Å²) >= 11 is 0. The molecule has 2 N–H and O–H groups in total. The van der Waals surface area contributed by atoms with Crippen LogP contribution in [0.25, 0.3) is 0 Å². The molecule has 0 aliphatic heterocycles. The van der Waals surface area contributed by atoms with Gasteiger partial charge in [0.1, 0.15) is 0 Å². The largest absolute Gasteiger partial charge is 0.327 e. The molecule has 0 bridgehead atoms. The summed E-state index contributed by atoms with van der Waals surface area (Å²) in [5.41, 5.74) is 7.40.